The number of carbonyl (C=O) groups excluding carboxylic acids is 1. The van der Waals surface area contributed by atoms with E-state index in [0.29, 0.717) is 12.1 Å². The van der Waals surface area contributed by atoms with Crippen LogP contribution in [0.15, 0.2) is 30.5 Å². The van der Waals surface area contributed by atoms with Gasteiger partial charge < -0.3 is 10.1 Å². The Balaban J connectivity index is 1.79. The van der Waals surface area contributed by atoms with E-state index in [2.05, 4.69) is 10.3 Å². The summed E-state index contributed by atoms with van der Waals surface area (Å²) in [6, 6.07) is 3.77. The summed E-state index contributed by atoms with van der Waals surface area (Å²) < 4.78 is 32.6. The van der Waals surface area contributed by atoms with E-state index in [9.17, 15) is 23.7 Å². The fraction of sp³-hybridized carbons (Fsp3) is 0.200. The number of nitrogens with one attached hydrogen (secondary N) is 1. The molecule has 3 rings (SSSR count). The molecule has 7 nitrogen and oxygen atoms in total. The van der Waals surface area contributed by atoms with Crippen molar-refractivity contribution < 1.29 is 23.2 Å². The van der Waals surface area contributed by atoms with Gasteiger partial charge in [-0.15, -0.1) is 0 Å². The number of pyridine rings is 1. The Morgan fingerprint density at radius 1 is 1.29 bits per heavy atom. The molecule has 0 bridgehead atoms. The Bertz CT molecular complexity index is 824. The van der Waals surface area contributed by atoms with Gasteiger partial charge in [-0.3, -0.25) is 14.9 Å². The van der Waals surface area contributed by atoms with Crippen molar-refractivity contribution in [2.24, 2.45) is 5.92 Å². The van der Waals surface area contributed by atoms with E-state index >= 15 is 0 Å². The summed E-state index contributed by atoms with van der Waals surface area (Å²) in [7, 11) is 0. The number of benzene rings is 1. The van der Waals surface area contributed by atoms with Gasteiger partial charge >= 0.3 is 5.69 Å². The smallest absolute Gasteiger partial charge is 0.307 e. The number of nitrogens with zero attached hydrogens (tertiary/aromatic N) is 2. The highest BCUT2D eigenvalue weighted by Gasteiger charge is 2.29. The van der Waals surface area contributed by atoms with Crippen molar-refractivity contribution in [3.05, 3.63) is 52.2 Å². The average molecular weight is 335 g/mol. The number of halogens is 2. The molecular formula is C15H11F2N3O4. The molecule has 24 heavy (non-hydrogen) atoms. The van der Waals surface area contributed by atoms with Gasteiger partial charge in [-0.25, -0.2) is 9.37 Å². The van der Waals surface area contributed by atoms with Gasteiger partial charge in [0.15, 0.2) is 11.6 Å². The van der Waals surface area contributed by atoms with Crippen LogP contribution in [0.3, 0.4) is 0 Å². The number of hydrogen-bond donors (Lipinski definition) is 1. The van der Waals surface area contributed by atoms with Crippen LogP contribution in [0.25, 0.3) is 0 Å². The normalized spacial score (nSPS) is 13.4. The standard InChI is InChI=1S/C15H11F2N3O4/c16-10-7-13(11(17)6-12(10)20(22)23)24-9-3-4-18-14(5-9)19-15(21)8-1-2-8/h3-8H,1-2H2,(H,18,19,21). The van der Waals surface area contributed by atoms with Crippen LogP contribution in [0.2, 0.25) is 0 Å². The average Bonchev–Trinajstić information content (AvgIpc) is 3.35. The molecule has 1 aliphatic carbocycles. The van der Waals surface area contributed by atoms with Crippen molar-refractivity contribution in [1.82, 2.24) is 4.98 Å². The highest BCUT2D eigenvalue weighted by Crippen LogP contribution is 2.32. The van der Waals surface area contributed by atoms with E-state index in [-0.39, 0.29) is 23.4 Å². The number of rotatable bonds is 5. The van der Waals surface area contributed by atoms with E-state index in [0.717, 1.165) is 12.8 Å². The highest BCUT2D eigenvalue weighted by molar-refractivity contribution is 5.93. The molecule has 1 N–H and O–H groups in total. The molecule has 1 amide bonds. The third-order valence-electron chi connectivity index (χ3n) is 3.36. The summed E-state index contributed by atoms with van der Waals surface area (Å²) in [5, 5.41) is 13.2. The monoisotopic (exact) mass is 335 g/mol. The van der Waals surface area contributed by atoms with Crippen molar-refractivity contribution in [1.29, 1.82) is 0 Å². The van der Waals surface area contributed by atoms with Crippen molar-refractivity contribution >= 4 is 17.4 Å². The summed E-state index contributed by atoms with van der Waals surface area (Å²) in [5.74, 6) is -2.67. The molecule has 1 heterocycles. The lowest BCUT2D eigenvalue weighted by molar-refractivity contribution is -0.387. The van der Waals surface area contributed by atoms with E-state index < -0.39 is 28.0 Å². The SMILES string of the molecule is O=C(Nc1cc(Oc2cc(F)c([N+](=O)[O-])cc2F)ccn1)C1CC1. The lowest BCUT2D eigenvalue weighted by Crippen LogP contribution is -2.14. The Morgan fingerprint density at radius 3 is 2.71 bits per heavy atom. The summed E-state index contributed by atoms with van der Waals surface area (Å²) in [6.07, 6.45) is 2.99. The lowest BCUT2D eigenvalue weighted by Gasteiger charge is -2.09. The van der Waals surface area contributed by atoms with Crippen molar-refractivity contribution in [3.63, 3.8) is 0 Å². The molecule has 0 aliphatic heterocycles. The fourth-order valence-corrected chi connectivity index (χ4v) is 1.98. The predicted molar refractivity (Wildman–Crippen MR) is 78.7 cm³/mol. The maximum atomic E-state index is 13.8. The predicted octanol–water partition coefficient (Wildman–Crippen LogP) is 3.41. The Labute approximate surface area is 134 Å². The van der Waals surface area contributed by atoms with Crippen molar-refractivity contribution in [2.75, 3.05) is 5.32 Å². The maximum Gasteiger partial charge on any atom is 0.307 e. The zero-order valence-electron chi connectivity index (χ0n) is 12.2. The summed E-state index contributed by atoms with van der Waals surface area (Å²) >= 11 is 0. The Kier molecular flexibility index (Phi) is 4.07. The molecule has 0 radical (unpaired) electrons. The summed E-state index contributed by atoms with van der Waals surface area (Å²) in [4.78, 5) is 25.2. The van der Waals surface area contributed by atoms with E-state index in [4.69, 9.17) is 4.74 Å². The molecule has 1 aromatic carbocycles. The number of ether oxygens (including phenoxy) is 1. The topological polar surface area (TPSA) is 94.4 Å². The molecule has 0 atom stereocenters. The molecular weight excluding hydrogens is 324 g/mol. The Morgan fingerprint density at radius 2 is 2.04 bits per heavy atom. The number of nitro benzene ring substituents is 1. The molecule has 1 aromatic heterocycles. The molecule has 0 unspecified atom stereocenters. The molecule has 124 valence electrons. The van der Waals surface area contributed by atoms with Gasteiger partial charge in [-0.05, 0) is 18.9 Å². The summed E-state index contributed by atoms with van der Waals surface area (Å²) in [5.41, 5.74) is -0.980. The van der Waals surface area contributed by atoms with Gasteiger partial charge in [-0.2, -0.15) is 4.39 Å². The molecule has 0 spiro atoms. The second-order valence-electron chi connectivity index (χ2n) is 5.23. The molecule has 1 saturated carbocycles. The van der Waals surface area contributed by atoms with Crippen LogP contribution >= 0.6 is 0 Å². The molecule has 0 saturated heterocycles. The van der Waals surface area contributed by atoms with Crippen LogP contribution in [0.1, 0.15) is 12.8 Å². The zero-order valence-corrected chi connectivity index (χ0v) is 12.2. The minimum atomic E-state index is -1.22. The first-order chi connectivity index (χ1) is 11.4. The van der Waals surface area contributed by atoms with Crippen LogP contribution in [-0.4, -0.2) is 15.8 Å². The van der Waals surface area contributed by atoms with Crippen LogP contribution in [-0.2, 0) is 4.79 Å². The first kappa shape index (κ1) is 15.8. The molecule has 1 fully saturated rings. The van der Waals surface area contributed by atoms with Crippen LogP contribution in [0.4, 0.5) is 20.3 Å². The third kappa shape index (κ3) is 3.45. The second-order valence-corrected chi connectivity index (χ2v) is 5.23. The first-order valence-corrected chi connectivity index (χ1v) is 7.02. The van der Waals surface area contributed by atoms with Crippen LogP contribution < -0.4 is 10.1 Å². The number of nitro groups is 1. The quantitative estimate of drug-likeness (QED) is 0.667. The van der Waals surface area contributed by atoms with E-state index in [1.165, 1.54) is 18.3 Å². The van der Waals surface area contributed by atoms with Crippen LogP contribution in [0.5, 0.6) is 11.5 Å². The number of carbonyl (C=O) groups is 1. The number of hydrogen-bond acceptors (Lipinski definition) is 5. The minimum Gasteiger partial charge on any atom is -0.454 e. The lowest BCUT2D eigenvalue weighted by atomic mass is 10.2. The highest BCUT2D eigenvalue weighted by atomic mass is 19.1. The van der Waals surface area contributed by atoms with Gasteiger partial charge in [0.2, 0.25) is 11.7 Å². The fourth-order valence-electron chi connectivity index (χ4n) is 1.98. The first-order valence-electron chi connectivity index (χ1n) is 7.02. The third-order valence-corrected chi connectivity index (χ3v) is 3.36. The van der Waals surface area contributed by atoms with E-state index in [1.54, 1.807) is 0 Å². The summed E-state index contributed by atoms with van der Waals surface area (Å²) in [6.45, 7) is 0. The van der Waals surface area contributed by atoms with Gasteiger partial charge in [0, 0.05) is 24.2 Å². The number of amides is 1. The molecule has 2 aromatic rings. The number of aromatic nitrogens is 1. The minimum absolute atomic E-state index is 0.0161. The van der Waals surface area contributed by atoms with E-state index in [1.807, 2.05) is 0 Å². The van der Waals surface area contributed by atoms with Crippen molar-refractivity contribution in [2.45, 2.75) is 12.8 Å². The zero-order chi connectivity index (χ0) is 17.3. The number of anilines is 1. The van der Waals surface area contributed by atoms with Gasteiger partial charge in [0.25, 0.3) is 0 Å². The molecule has 1 aliphatic rings. The van der Waals surface area contributed by atoms with Gasteiger partial charge in [0.05, 0.1) is 11.0 Å². The van der Waals surface area contributed by atoms with Gasteiger partial charge in [-0.1, -0.05) is 0 Å². The van der Waals surface area contributed by atoms with Crippen molar-refractivity contribution in [3.8, 4) is 11.5 Å². The maximum absolute atomic E-state index is 13.8. The Hall–Kier alpha value is -3.10. The van der Waals surface area contributed by atoms with Crippen LogP contribution in [0, 0.1) is 27.7 Å². The second kappa shape index (κ2) is 6.19. The molecule has 9 heteroatoms. The van der Waals surface area contributed by atoms with Gasteiger partial charge in [0.1, 0.15) is 11.6 Å². The largest absolute Gasteiger partial charge is 0.454 e.